The number of halogens is 1. The standard InChI is InChI=1S/C27H27ClN2O3/c28-24-11-9-23(10-12-24)27(33)13-17-30(18-14-27)16-2-4-25(22-3-1-15-29-19-22)20-5-7-21(8-6-20)26(31)32/h1,3-12,15,19,33H,2,13-14,16-18H2,(H,31,32)/b25-4-. The van der Waals surface area contributed by atoms with Crippen LogP contribution in [0.1, 0.15) is 46.3 Å². The lowest BCUT2D eigenvalue weighted by Gasteiger charge is -2.38. The Balaban J connectivity index is 1.42. The molecule has 1 saturated heterocycles. The molecule has 2 heterocycles. The monoisotopic (exact) mass is 462 g/mol. The van der Waals surface area contributed by atoms with E-state index in [-0.39, 0.29) is 5.56 Å². The Bertz CT molecular complexity index is 1100. The van der Waals surface area contributed by atoms with Gasteiger partial charge in [0, 0.05) is 42.6 Å². The highest BCUT2D eigenvalue weighted by Gasteiger charge is 2.33. The molecule has 1 fully saturated rings. The van der Waals surface area contributed by atoms with Crippen molar-refractivity contribution in [2.24, 2.45) is 0 Å². The molecule has 4 rings (SSSR count). The van der Waals surface area contributed by atoms with Crippen molar-refractivity contribution in [3.8, 4) is 0 Å². The van der Waals surface area contributed by atoms with Crippen LogP contribution in [0.15, 0.2) is 79.1 Å². The Morgan fingerprint density at radius 2 is 1.67 bits per heavy atom. The summed E-state index contributed by atoms with van der Waals surface area (Å²) in [6, 6.07) is 18.3. The smallest absolute Gasteiger partial charge is 0.335 e. The number of aromatic carboxylic acids is 1. The number of likely N-dealkylation sites (tertiary alicyclic amines) is 1. The highest BCUT2D eigenvalue weighted by Crippen LogP contribution is 2.33. The van der Waals surface area contributed by atoms with E-state index in [1.165, 1.54) is 0 Å². The minimum atomic E-state index is -0.933. The summed E-state index contributed by atoms with van der Waals surface area (Å²) in [5.74, 6) is -0.933. The second-order valence-electron chi connectivity index (χ2n) is 8.41. The van der Waals surface area contributed by atoms with Crippen molar-refractivity contribution in [1.29, 1.82) is 0 Å². The van der Waals surface area contributed by atoms with Crippen molar-refractivity contribution in [2.75, 3.05) is 19.6 Å². The van der Waals surface area contributed by atoms with Gasteiger partial charge in [-0.3, -0.25) is 4.98 Å². The minimum absolute atomic E-state index is 0.269. The molecule has 0 spiro atoms. The number of pyridine rings is 1. The van der Waals surface area contributed by atoms with Gasteiger partial charge >= 0.3 is 5.97 Å². The Hall–Kier alpha value is -2.99. The summed E-state index contributed by atoms with van der Waals surface area (Å²) >= 11 is 5.99. The number of carboxylic acid groups (broad SMARTS) is 1. The molecule has 0 bridgehead atoms. The fraction of sp³-hybridized carbons (Fsp3) is 0.259. The van der Waals surface area contributed by atoms with Gasteiger partial charge < -0.3 is 15.1 Å². The molecule has 6 heteroatoms. The van der Waals surface area contributed by atoms with Crippen molar-refractivity contribution in [3.63, 3.8) is 0 Å². The van der Waals surface area contributed by atoms with Gasteiger partial charge in [-0.25, -0.2) is 4.79 Å². The predicted molar refractivity (Wildman–Crippen MR) is 130 cm³/mol. The number of carbonyl (C=O) groups is 1. The van der Waals surface area contributed by atoms with E-state index < -0.39 is 11.6 Å². The number of nitrogens with zero attached hydrogens (tertiary/aromatic N) is 2. The number of carboxylic acids is 1. The summed E-state index contributed by atoms with van der Waals surface area (Å²) in [6.07, 6.45) is 7.96. The average Bonchev–Trinajstić information content (AvgIpc) is 2.84. The molecular formula is C27H27ClN2O3. The minimum Gasteiger partial charge on any atom is -0.478 e. The molecule has 170 valence electrons. The number of piperidine rings is 1. The number of hydrogen-bond donors (Lipinski definition) is 2. The lowest BCUT2D eigenvalue weighted by atomic mass is 9.84. The molecule has 0 amide bonds. The number of benzene rings is 2. The first-order valence-electron chi connectivity index (χ1n) is 11.1. The molecule has 3 aromatic rings. The zero-order valence-corrected chi connectivity index (χ0v) is 19.1. The van der Waals surface area contributed by atoms with E-state index in [0.29, 0.717) is 17.9 Å². The number of rotatable bonds is 7. The van der Waals surface area contributed by atoms with Crippen molar-refractivity contribution in [3.05, 3.63) is 106 Å². The van der Waals surface area contributed by atoms with Gasteiger partial charge in [0.15, 0.2) is 0 Å². The maximum Gasteiger partial charge on any atom is 0.335 e. The average molecular weight is 463 g/mol. The molecule has 0 unspecified atom stereocenters. The largest absolute Gasteiger partial charge is 0.478 e. The number of aromatic nitrogens is 1. The third kappa shape index (κ3) is 5.69. The molecule has 0 atom stereocenters. The molecule has 33 heavy (non-hydrogen) atoms. The second-order valence-corrected chi connectivity index (χ2v) is 8.85. The molecule has 1 aliphatic rings. The van der Waals surface area contributed by atoms with Gasteiger partial charge in [0.1, 0.15) is 0 Å². The Morgan fingerprint density at radius 3 is 2.27 bits per heavy atom. The summed E-state index contributed by atoms with van der Waals surface area (Å²) in [7, 11) is 0. The first-order valence-corrected chi connectivity index (χ1v) is 11.5. The van der Waals surface area contributed by atoms with Crippen LogP contribution in [-0.2, 0) is 5.60 Å². The van der Waals surface area contributed by atoms with E-state index >= 15 is 0 Å². The Morgan fingerprint density at radius 1 is 1.00 bits per heavy atom. The van der Waals surface area contributed by atoms with Crippen LogP contribution in [0.25, 0.3) is 5.57 Å². The molecule has 1 aromatic heterocycles. The second kappa shape index (κ2) is 10.3. The van der Waals surface area contributed by atoms with Gasteiger partial charge in [-0.05, 0) is 66.3 Å². The molecule has 0 aliphatic carbocycles. The van der Waals surface area contributed by atoms with Gasteiger partial charge in [-0.1, -0.05) is 48.0 Å². The van der Waals surface area contributed by atoms with Crippen LogP contribution in [0.4, 0.5) is 0 Å². The highest BCUT2D eigenvalue weighted by molar-refractivity contribution is 6.30. The quantitative estimate of drug-likeness (QED) is 0.502. The van der Waals surface area contributed by atoms with Crippen LogP contribution in [0.2, 0.25) is 5.02 Å². The fourth-order valence-corrected chi connectivity index (χ4v) is 4.43. The van der Waals surface area contributed by atoms with Gasteiger partial charge in [0.25, 0.3) is 0 Å². The molecule has 2 N–H and O–H groups in total. The maximum absolute atomic E-state index is 11.2. The zero-order chi connectivity index (χ0) is 23.3. The van der Waals surface area contributed by atoms with E-state index in [9.17, 15) is 15.0 Å². The molecule has 1 aliphatic heterocycles. The zero-order valence-electron chi connectivity index (χ0n) is 18.3. The van der Waals surface area contributed by atoms with Crippen LogP contribution in [0.3, 0.4) is 0 Å². The molecule has 2 aromatic carbocycles. The van der Waals surface area contributed by atoms with Gasteiger partial charge in [-0.15, -0.1) is 0 Å². The van der Waals surface area contributed by atoms with Gasteiger partial charge in [0.2, 0.25) is 0 Å². The van der Waals surface area contributed by atoms with Crippen LogP contribution in [0, 0.1) is 0 Å². The van der Waals surface area contributed by atoms with E-state index in [1.54, 1.807) is 18.3 Å². The van der Waals surface area contributed by atoms with Crippen LogP contribution in [0.5, 0.6) is 0 Å². The Labute approximate surface area is 199 Å². The van der Waals surface area contributed by atoms with Crippen molar-refractivity contribution < 1.29 is 15.0 Å². The van der Waals surface area contributed by atoms with Crippen molar-refractivity contribution in [1.82, 2.24) is 9.88 Å². The summed E-state index contributed by atoms with van der Waals surface area (Å²) in [6.45, 7) is 2.53. The topological polar surface area (TPSA) is 73.7 Å². The third-order valence-corrected chi connectivity index (χ3v) is 6.53. The predicted octanol–water partition coefficient (Wildman–Crippen LogP) is 5.24. The summed E-state index contributed by atoms with van der Waals surface area (Å²) in [5.41, 5.74) is 3.39. The lowest BCUT2D eigenvalue weighted by Crippen LogP contribution is -2.42. The molecule has 0 radical (unpaired) electrons. The normalized spacial score (nSPS) is 16.5. The van der Waals surface area contributed by atoms with E-state index in [2.05, 4.69) is 16.0 Å². The fourth-order valence-electron chi connectivity index (χ4n) is 4.30. The number of aliphatic hydroxyl groups is 1. The lowest BCUT2D eigenvalue weighted by molar-refractivity contribution is -0.0254. The molecular weight excluding hydrogens is 436 g/mol. The van der Waals surface area contributed by atoms with Crippen molar-refractivity contribution in [2.45, 2.75) is 24.9 Å². The molecule has 0 saturated carbocycles. The van der Waals surface area contributed by atoms with E-state index in [4.69, 9.17) is 11.6 Å². The van der Waals surface area contributed by atoms with Gasteiger partial charge in [0.05, 0.1) is 11.2 Å². The van der Waals surface area contributed by atoms with Crippen molar-refractivity contribution >= 4 is 23.1 Å². The first-order chi connectivity index (χ1) is 15.9. The first kappa shape index (κ1) is 23.2. The summed E-state index contributed by atoms with van der Waals surface area (Å²) in [5, 5.41) is 21.0. The summed E-state index contributed by atoms with van der Waals surface area (Å²) in [4.78, 5) is 17.8. The summed E-state index contributed by atoms with van der Waals surface area (Å²) < 4.78 is 0. The van der Waals surface area contributed by atoms with Crippen LogP contribution >= 0.6 is 11.6 Å². The van der Waals surface area contributed by atoms with Crippen LogP contribution in [-0.4, -0.2) is 45.7 Å². The molecule has 5 nitrogen and oxygen atoms in total. The van der Waals surface area contributed by atoms with E-state index in [1.807, 2.05) is 54.7 Å². The third-order valence-electron chi connectivity index (χ3n) is 6.27. The van der Waals surface area contributed by atoms with Crippen LogP contribution < -0.4 is 0 Å². The Kier molecular flexibility index (Phi) is 7.23. The SMILES string of the molecule is O=C(O)c1ccc(/C(=C/CCN2CCC(O)(c3ccc(Cl)cc3)CC2)c2cccnc2)cc1. The highest BCUT2D eigenvalue weighted by atomic mass is 35.5. The van der Waals surface area contributed by atoms with Gasteiger partial charge in [-0.2, -0.15) is 0 Å². The van der Waals surface area contributed by atoms with E-state index in [0.717, 1.165) is 48.3 Å². The maximum atomic E-state index is 11.2. The number of hydrogen-bond acceptors (Lipinski definition) is 4.